The Balaban J connectivity index is 1.90. The largest absolute Gasteiger partial charge is 0.361 e. The fourth-order valence-corrected chi connectivity index (χ4v) is 2.87. The van der Waals surface area contributed by atoms with Gasteiger partial charge in [-0.15, -0.1) is 0 Å². The van der Waals surface area contributed by atoms with Crippen molar-refractivity contribution in [1.82, 2.24) is 10.3 Å². The molecule has 0 spiro atoms. The molecule has 1 aromatic heterocycles. The molecule has 22 heavy (non-hydrogen) atoms. The van der Waals surface area contributed by atoms with Crippen molar-refractivity contribution in [2.45, 2.75) is 25.7 Å². The Kier molecular flexibility index (Phi) is 6.51. The van der Waals surface area contributed by atoms with Gasteiger partial charge in [-0.3, -0.25) is 10.2 Å². The molecule has 2 aromatic rings. The third-order valence-electron chi connectivity index (χ3n) is 3.49. The number of rotatable bonds is 8. The Bertz CT molecular complexity index is 668. The van der Waals surface area contributed by atoms with Crippen molar-refractivity contribution in [2.75, 3.05) is 12.3 Å². The number of H-pyrrole nitrogens is 1. The van der Waals surface area contributed by atoms with Crippen LogP contribution >= 0.6 is 28.6 Å². The van der Waals surface area contributed by atoms with E-state index in [-0.39, 0.29) is 11.6 Å². The van der Waals surface area contributed by atoms with Gasteiger partial charge >= 0.3 is 0 Å². The molecule has 0 atom stereocenters. The van der Waals surface area contributed by atoms with Crippen LogP contribution in [0.4, 0.5) is 0 Å². The van der Waals surface area contributed by atoms with Crippen molar-refractivity contribution < 1.29 is 4.79 Å². The van der Waals surface area contributed by atoms with Gasteiger partial charge in [-0.1, -0.05) is 22.4 Å². The normalized spacial score (nSPS) is 10.8. The molecule has 6 heteroatoms. The minimum Gasteiger partial charge on any atom is -0.361 e. The van der Waals surface area contributed by atoms with Crippen molar-refractivity contribution in [2.24, 2.45) is 0 Å². The summed E-state index contributed by atoms with van der Waals surface area (Å²) in [6.45, 7) is 0.619. The lowest BCUT2D eigenvalue weighted by molar-refractivity contribution is -0.114. The number of halogens is 1. The number of hydrogen-bond acceptors (Lipinski definition) is 3. The molecule has 0 fully saturated rings. The van der Waals surface area contributed by atoms with Crippen LogP contribution in [0.3, 0.4) is 0 Å². The molecule has 1 heterocycles. The van der Waals surface area contributed by atoms with Gasteiger partial charge in [0.2, 0.25) is 0 Å². The van der Waals surface area contributed by atoms with Gasteiger partial charge in [0, 0.05) is 34.5 Å². The number of thiol groups is 1. The van der Waals surface area contributed by atoms with Crippen LogP contribution in [0.15, 0.2) is 28.9 Å². The minimum absolute atomic E-state index is 0.0927. The van der Waals surface area contributed by atoms with Gasteiger partial charge in [0.05, 0.1) is 0 Å². The Morgan fingerprint density at radius 3 is 2.91 bits per heavy atom. The number of aromatic nitrogens is 1. The van der Waals surface area contributed by atoms with Crippen LogP contribution in [-0.4, -0.2) is 28.9 Å². The molecule has 0 aliphatic carbocycles. The molecule has 0 aliphatic heterocycles. The summed E-state index contributed by atoms with van der Waals surface area (Å²) < 4.78 is 0.987. The Hall–Kier alpha value is -1.27. The van der Waals surface area contributed by atoms with E-state index in [0.717, 1.165) is 46.0 Å². The molecule has 0 saturated carbocycles. The van der Waals surface area contributed by atoms with Crippen LogP contribution < -0.4 is 5.32 Å². The second kappa shape index (κ2) is 8.39. The number of unbranched alkanes of at least 4 members (excludes halogenated alkanes) is 2. The lowest BCUT2D eigenvalue weighted by Crippen LogP contribution is -2.32. The molecule has 0 saturated heterocycles. The van der Waals surface area contributed by atoms with Crippen LogP contribution in [0.2, 0.25) is 0 Å². The smallest absolute Gasteiger partial charge is 0.265 e. The fraction of sp³-hybridized carbons (Fsp3) is 0.375. The summed E-state index contributed by atoms with van der Waals surface area (Å²) >= 11 is 7.60. The predicted octanol–water partition coefficient (Wildman–Crippen LogP) is 3.71. The van der Waals surface area contributed by atoms with E-state index in [1.807, 2.05) is 24.4 Å². The van der Waals surface area contributed by atoms with Gasteiger partial charge < -0.3 is 10.3 Å². The lowest BCUT2D eigenvalue weighted by atomic mass is 10.1. The van der Waals surface area contributed by atoms with Gasteiger partial charge in [0.25, 0.3) is 5.91 Å². The average Bonchev–Trinajstić information content (AvgIpc) is 2.89. The van der Waals surface area contributed by atoms with Crippen LogP contribution in [0.25, 0.3) is 10.9 Å². The van der Waals surface area contributed by atoms with Crippen molar-refractivity contribution >= 4 is 51.1 Å². The van der Waals surface area contributed by atoms with Crippen LogP contribution in [0, 0.1) is 5.41 Å². The number of amides is 1. The molecular formula is C16H20BrN3OS. The summed E-state index contributed by atoms with van der Waals surface area (Å²) in [5.74, 6) is 0.593. The Morgan fingerprint density at radius 1 is 1.32 bits per heavy atom. The van der Waals surface area contributed by atoms with E-state index in [9.17, 15) is 4.79 Å². The van der Waals surface area contributed by atoms with Gasteiger partial charge in [-0.05, 0) is 42.4 Å². The maximum atomic E-state index is 11.9. The van der Waals surface area contributed by atoms with Crippen LogP contribution in [0.5, 0.6) is 0 Å². The average molecular weight is 382 g/mol. The highest BCUT2D eigenvalue weighted by molar-refractivity contribution is 9.10. The first-order chi connectivity index (χ1) is 10.6. The zero-order valence-corrected chi connectivity index (χ0v) is 14.8. The summed E-state index contributed by atoms with van der Waals surface area (Å²) in [4.78, 5) is 15.1. The number of carbonyl (C=O) groups excluding carboxylic acids is 1. The van der Waals surface area contributed by atoms with Gasteiger partial charge in [-0.25, -0.2) is 0 Å². The number of hydrogen-bond donors (Lipinski definition) is 4. The number of fused-ring (bicyclic) bond motifs is 1. The molecule has 3 N–H and O–H groups in total. The van der Waals surface area contributed by atoms with E-state index in [1.165, 1.54) is 0 Å². The molecule has 0 unspecified atom stereocenters. The van der Waals surface area contributed by atoms with Gasteiger partial charge in [0.1, 0.15) is 5.71 Å². The van der Waals surface area contributed by atoms with Crippen LogP contribution in [-0.2, 0) is 11.2 Å². The van der Waals surface area contributed by atoms with Crippen LogP contribution in [0.1, 0.15) is 24.8 Å². The summed E-state index contributed by atoms with van der Waals surface area (Å²) in [6, 6.07) is 5.95. The summed E-state index contributed by atoms with van der Waals surface area (Å²) in [5.41, 5.74) is 2.07. The predicted molar refractivity (Wildman–Crippen MR) is 98.1 cm³/mol. The highest BCUT2D eigenvalue weighted by Gasteiger charge is 2.12. The van der Waals surface area contributed by atoms with E-state index < -0.39 is 0 Å². The maximum Gasteiger partial charge on any atom is 0.265 e. The SMILES string of the molecule is N=C(Cc1c[nH]c2ccc(Br)cc12)C(=O)NCCCCCS. The molecule has 0 bridgehead atoms. The first-order valence-corrected chi connectivity index (χ1v) is 8.76. The zero-order chi connectivity index (χ0) is 15.9. The van der Waals surface area contributed by atoms with Crippen molar-refractivity contribution in [3.8, 4) is 0 Å². The molecule has 0 aliphatic rings. The van der Waals surface area contributed by atoms with E-state index >= 15 is 0 Å². The van der Waals surface area contributed by atoms with E-state index in [4.69, 9.17) is 5.41 Å². The highest BCUT2D eigenvalue weighted by atomic mass is 79.9. The third kappa shape index (κ3) is 4.61. The quantitative estimate of drug-likeness (QED) is 0.314. The summed E-state index contributed by atoms with van der Waals surface area (Å²) in [7, 11) is 0. The van der Waals surface area contributed by atoms with Crippen molar-refractivity contribution in [1.29, 1.82) is 5.41 Å². The number of carbonyl (C=O) groups is 1. The topological polar surface area (TPSA) is 68.7 Å². The molecule has 118 valence electrons. The molecule has 2 rings (SSSR count). The lowest BCUT2D eigenvalue weighted by Gasteiger charge is -2.06. The van der Waals surface area contributed by atoms with Crippen molar-refractivity contribution in [3.05, 3.63) is 34.4 Å². The second-order valence-corrected chi connectivity index (χ2v) is 6.56. The van der Waals surface area contributed by atoms with Gasteiger partial charge in [0.15, 0.2) is 0 Å². The molecular weight excluding hydrogens is 362 g/mol. The zero-order valence-electron chi connectivity index (χ0n) is 12.3. The number of aromatic amines is 1. The standard InChI is InChI=1S/C16H20BrN3OS/c17-12-4-5-15-13(9-12)11(10-20-15)8-14(18)16(21)19-6-2-1-3-7-22/h4-5,9-10,18,20,22H,1-3,6-8H2,(H,19,21). The Morgan fingerprint density at radius 2 is 2.14 bits per heavy atom. The van der Waals surface area contributed by atoms with E-state index in [2.05, 4.69) is 38.9 Å². The number of nitrogens with one attached hydrogen (secondary N) is 3. The molecule has 1 amide bonds. The monoisotopic (exact) mass is 381 g/mol. The second-order valence-electron chi connectivity index (χ2n) is 5.20. The number of benzene rings is 1. The molecule has 4 nitrogen and oxygen atoms in total. The van der Waals surface area contributed by atoms with E-state index in [1.54, 1.807) is 0 Å². The van der Waals surface area contributed by atoms with Gasteiger partial charge in [-0.2, -0.15) is 12.6 Å². The highest BCUT2D eigenvalue weighted by Crippen LogP contribution is 2.23. The third-order valence-corrected chi connectivity index (χ3v) is 4.30. The molecule has 1 aromatic carbocycles. The molecule has 0 radical (unpaired) electrons. The fourth-order valence-electron chi connectivity index (χ4n) is 2.29. The first-order valence-electron chi connectivity index (χ1n) is 7.34. The van der Waals surface area contributed by atoms with E-state index in [0.29, 0.717) is 13.0 Å². The minimum atomic E-state index is -0.282. The summed E-state index contributed by atoms with van der Waals surface area (Å²) in [6.07, 6.45) is 5.23. The summed E-state index contributed by atoms with van der Waals surface area (Å²) in [5, 5.41) is 11.8. The van der Waals surface area contributed by atoms with Crippen molar-refractivity contribution in [3.63, 3.8) is 0 Å². The first kappa shape index (κ1) is 17.1. The maximum absolute atomic E-state index is 11.9. The Labute approximate surface area is 144 Å².